The van der Waals surface area contributed by atoms with E-state index in [0.717, 1.165) is 4.57 Å². The van der Waals surface area contributed by atoms with Gasteiger partial charge in [0.15, 0.2) is 0 Å². The summed E-state index contributed by atoms with van der Waals surface area (Å²) in [5, 5.41) is 0. The molecule has 14 nitrogen and oxygen atoms in total. The van der Waals surface area contributed by atoms with Crippen LogP contribution in [0.15, 0.2) is 28.2 Å². The molecule has 164 valence electrons. The molecule has 3 aromatic rings. The van der Waals surface area contributed by atoms with Gasteiger partial charge in [0.05, 0.1) is 0 Å². The summed E-state index contributed by atoms with van der Waals surface area (Å²) in [4.78, 5) is 49.8. The molecule has 2 aliphatic rings. The second kappa shape index (κ2) is 7.36. The predicted octanol–water partition coefficient (Wildman–Crippen LogP) is -0.938. The molecule has 2 fully saturated rings. The van der Waals surface area contributed by atoms with Crippen LogP contribution in [0.2, 0.25) is 0 Å². The summed E-state index contributed by atoms with van der Waals surface area (Å²) in [7, 11) is -2.00. The van der Waals surface area contributed by atoms with Crippen LogP contribution in [0.25, 0.3) is 11.2 Å². The van der Waals surface area contributed by atoms with E-state index in [1.807, 2.05) is 0 Å². The van der Waals surface area contributed by atoms with Crippen LogP contribution in [0.1, 0.15) is 6.23 Å². The van der Waals surface area contributed by atoms with Crippen LogP contribution < -0.4 is 11.3 Å². The molecule has 0 aromatic carbocycles. The van der Waals surface area contributed by atoms with Crippen LogP contribution in [0.3, 0.4) is 0 Å². The Labute approximate surface area is 182 Å². The zero-order chi connectivity index (χ0) is 21.9. The molecule has 5 heterocycles. The van der Waals surface area contributed by atoms with Crippen LogP contribution in [0.4, 0.5) is 10.7 Å². The molecule has 2 saturated heterocycles. The number of aromatic nitrogens is 6. The Morgan fingerprint density at radius 2 is 2.29 bits per heavy atom. The molecule has 0 unspecified atom stereocenters. The van der Waals surface area contributed by atoms with Crippen LogP contribution in [0.5, 0.6) is 0 Å². The van der Waals surface area contributed by atoms with Gasteiger partial charge in [0.1, 0.15) is 0 Å². The van der Waals surface area contributed by atoms with E-state index in [1.54, 1.807) is 0 Å². The number of nitrogens with two attached hydrogens (primary N) is 1. The number of carbonyl (C=O) groups excluding carboxylic acids is 1. The summed E-state index contributed by atoms with van der Waals surface area (Å²) in [5.41, 5.74) is 5.29. The van der Waals surface area contributed by atoms with Gasteiger partial charge in [-0.05, 0) is 0 Å². The molecule has 0 aliphatic carbocycles. The number of fused-ring (bicyclic) bond motifs is 2. The van der Waals surface area contributed by atoms with Gasteiger partial charge in [0.2, 0.25) is 0 Å². The van der Waals surface area contributed by atoms with Crippen LogP contribution in [0, 0.1) is 0 Å². The van der Waals surface area contributed by atoms with Crippen LogP contribution in [-0.4, -0.2) is 72.5 Å². The topological polar surface area (TPSA) is 182 Å². The van der Waals surface area contributed by atoms with Gasteiger partial charge >= 0.3 is 182 Å². The Morgan fingerprint density at radius 3 is 3.03 bits per heavy atom. The average Bonchev–Trinajstić information content (AvgIpc) is 3.40. The van der Waals surface area contributed by atoms with Gasteiger partial charge in [-0.25, -0.2) is 0 Å². The molecule has 0 bridgehead atoms. The molecule has 4 atom stereocenters. The van der Waals surface area contributed by atoms with Gasteiger partial charge in [-0.1, -0.05) is 0 Å². The van der Waals surface area contributed by atoms with E-state index in [0.29, 0.717) is 0 Å². The number of halogens is 1. The standard InChI is InChI=1S/C14H16BBrN7O7P/c15-31(26)27-3-5-7(30-31)8(29-14(25)22-2-1-18-4-22)11(28-5)23-9-6(19-12(23)16)10(24)21-13(17)20-9/h1-2,4-5,7-8,11,26,31H,3,15H2,(H3,17,20,21,24)/t5-,7+,8+,11-/m1/s1. The number of nitrogens with one attached hydrogen (secondary N) is 1. The fourth-order valence-electron chi connectivity index (χ4n) is 3.59. The summed E-state index contributed by atoms with van der Waals surface area (Å²) in [6.07, 6.45) is -0.164. The molecule has 17 heteroatoms. The van der Waals surface area contributed by atoms with E-state index >= 15 is 0 Å². The summed E-state index contributed by atoms with van der Waals surface area (Å²) in [6.45, 7) is 0.0277. The predicted molar refractivity (Wildman–Crippen MR) is 112 cm³/mol. The molecular formula is C14H16BBrN7O7P. The molecule has 3 aromatic heterocycles. The number of hydrogen-bond acceptors (Lipinski definition) is 11. The third-order valence-electron chi connectivity index (χ3n) is 4.89. The monoisotopic (exact) mass is 515 g/mol. The third-order valence-corrected chi connectivity index (χ3v) is 6.86. The maximum atomic E-state index is 12.6. The Kier molecular flexibility index (Phi) is 4.88. The Balaban J connectivity index is 1.59. The second-order valence-corrected chi connectivity index (χ2v) is 10.1. The van der Waals surface area contributed by atoms with Crippen molar-refractivity contribution in [2.75, 3.05) is 12.3 Å². The number of anilines is 1. The van der Waals surface area contributed by atoms with E-state index in [-0.39, 0.29) is 28.5 Å². The number of H-pyrrole nitrogens is 1. The van der Waals surface area contributed by atoms with Crippen LogP contribution >= 0.6 is 23.8 Å². The molecule has 5 rings (SSSR count). The molecular weight excluding hydrogens is 500 g/mol. The van der Waals surface area contributed by atoms with E-state index in [2.05, 4.69) is 35.9 Å². The van der Waals surface area contributed by atoms with Gasteiger partial charge in [0, 0.05) is 0 Å². The van der Waals surface area contributed by atoms with Crippen LogP contribution in [-0.2, 0) is 18.5 Å². The molecule has 4 N–H and O–H groups in total. The fraction of sp³-hybridized carbons (Fsp3) is 0.357. The van der Waals surface area contributed by atoms with E-state index < -0.39 is 44.0 Å². The number of ether oxygens (including phenoxy) is 2. The van der Waals surface area contributed by atoms with Crippen molar-refractivity contribution in [3.05, 3.63) is 33.8 Å². The van der Waals surface area contributed by atoms with Crippen molar-refractivity contribution in [2.24, 2.45) is 0 Å². The van der Waals surface area contributed by atoms with Crippen molar-refractivity contribution in [1.29, 1.82) is 0 Å². The first-order valence-electron chi connectivity index (χ1n) is 9.05. The van der Waals surface area contributed by atoms with Crippen molar-refractivity contribution in [2.45, 2.75) is 24.5 Å². The molecule has 0 amide bonds. The normalized spacial score (nSPS) is 28.3. The number of rotatable bonds is 2. The molecule has 31 heavy (non-hydrogen) atoms. The second-order valence-electron chi connectivity index (χ2n) is 7.05. The number of imidazole rings is 2. The molecule has 2 aliphatic heterocycles. The summed E-state index contributed by atoms with van der Waals surface area (Å²) in [6, 6.07) is 0. The molecule has 0 spiro atoms. The number of aromatic amines is 1. The minimum absolute atomic E-state index is 0.0118. The average molecular weight is 516 g/mol. The van der Waals surface area contributed by atoms with Crippen molar-refractivity contribution in [3.8, 4) is 0 Å². The Bertz CT molecular complexity index is 1220. The molecule has 0 radical (unpaired) electrons. The number of hydrogen-bond donors (Lipinski definition) is 3. The summed E-state index contributed by atoms with van der Waals surface area (Å²) >= 11 is 3.30. The zero-order valence-electron chi connectivity index (χ0n) is 15.8. The summed E-state index contributed by atoms with van der Waals surface area (Å²) < 4.78 is 25.7. The van der Waals surface area contributed by atoms with Gasteiger partial charge in [-0.2, -0.15) is 0 Å². The number of carbonyl (C=O) groups is 1. The van der Waals surface area contributed by atoms with Gasteiger partial charge in [-0.15, -0.1) is 0 Å². The van der Waals surface area contributed by atoms with Crippen molar-refractivity contribution in [3.63, 3.8) is 0 Å². The molecule has 0 saturated carbocycles. The Morgan fingerprint density at radius 1 is 1.48 bits per heavy atom. The van der Waals surface area contributed by atoms with Gasteiger partial charge < -0.3 is 0 Å². The fourth-order valence-corrected chi connectivity index (χ4v) is 5.46. The van der Waals surface area contributed by atoms with Crippen molar-refractivity contribution >= 4 is 54.5 Å². The first kappa shape index (κ1) is 20.5. The van der Waals surface area contributed by atoms with Crippen molar-refractivity contribution < 1.29 is 28.2 Å². The SMILES string of the molecule is B[PH]1(O)OC[C@H]2O[C@@H](n3c(Br)nc4c(=O)[nH]c(N)nc43)[C@@H](OC(=O)n3ccnc3)[C@H]2O1. The van der Waals surface area contributed by atoms with Crippen molar-refractivity contribution in [1.82, 2.24) is 29.1 Å². The van der Waals surface area contributed by atoms with E-state index in [1.165, 1.54) is 30.9 Å². The van der Waals surface area contributed by atoms with E-state index in [4.69, 9.17) is 24.3 Å². The first-order chi connectivity index (χ1) is 14.7. The summed E-state index contributed by atoms with van der Waals surface area (Å²) in [5.74, 6) is -0.122. The quantitative estimate of drug-likeness (QED) is 0.217. The maximum absolute atomic E-state index is 12.6. The number of nitrogens with zero attached hydrogens (tertiary/aromatic N) is 5. The minimum atomic E-state index is -3.45. The third kappa shape index (κ3) is 3.54. The zero-order valence-corrected chi connectivity index (χ0v) is 18.4. The van der Waals surface area contributed by atoms with Gasteiger partial charge in [-0.3, -0.25) is 0 Å². The number of nitrogen functional groups attached to an aromatic ring is 1. The first-order valence-corrected chi connectivity index (χ1v) is 12.1. The Hall–Kier alpha value is -2.36. The van der Waals surface area contributed by atoms with Gasteiger partial charge in [0.25, 0.3) is 0 Å². The van der Waals surface area contributed by atoms with E-state index in [9.17, 15) is 14.5 Å².